The molecule has 0 unspecified atom stereocenters. The number of aromatic nitrogens is 1. The van der Waals surface area contributed by atoms with E-state index < -0.39 is 6.09 Å². The van der Waals surface area contributed by atoms with Crippen LogP contribution in [0.25, 0.3) is 0 Å². The zero-order valence-electron chi connectivity index (χ0n) is 12.1. The van der Waals surface area contributed by atoms with E-state index in [1.165, 1.54) is 19.1 Å². The van der Waals surface area contributed by atoms with E-state index in [1.54, 1.807) is 43.4 Å². The molecule has 2 rings (SSSR count). The van der Waals surface area contributed by atoms with Crippen LogP contribution >= 0.6 is 0 Å². The molecule has 6 heteroatoms. The third kappa shape index (κ3) is 3.62. The molecule has 0 saturated carbocycles. The van der Waals surface area contributed by atoms with Crippen molar-refractivity contribution in [2.45, 2.75) is 0 Å². The number of methoxy groups -OCH3 is 2. The largest absolute Gasteiger partial charge is 0.496 e. The maximum atomic E-state index is 12.1. The molecule has 1 heterocycles. The fourth-order valence-corrected chi connectivity index (χ4v) is 1.61. The number of pyridine rings is 1. The van der Waals surface area contributed by atoms with Gasteiger partial charge in [0.25, 0.3) is 0 Å². The van der Waals surface area contributed by atoms with E-state index in [1.807, 2.05) is 6.07 Å². The second kappa shape index (κ2) is 6.60. The van der Waals surface area contributed by atoms with E-state index in [9.17, 15) is 4.79 Å². The first kappa shape index (κ1) is 14.6. The molecule has 0 aliphatic rings. The summed E-state index contributed by atoms with van der Waals surface area (Å²) in [5, 5.41) is 0. The maximum Gasteiger partial charge on any atom is 0.420 e. The highest BCUT2D eigenvalue weighted by Crippen LogP contribution is 2.24. The number of hydrogen-bond acceptors (Lipinski definition) is 5. The molecule has 21 heavy (non-hydrogen) atoms. The molecule has 2 aromatic rings. The number of carbonyl (C=O) groups is 1. The fraction of sp³-hybridized carbons (Fsp3) is 0.200. The molecule has 0 atom stereocenters. The summed E-state index contributed by atoms with van der Waals surface area (Å²) >= 11 is 0. The molecule has 110 valence electrons. The Kier molecular flexibility index (Phi) is 4.61. The molecular formula is C15H16N2O4. The molecule has 0 saturated heterocycles. The highest BCUT2D eigenvalue weighted by atomic mass is 16.6. The van der Waals surface area contributed by atoms with Crippen molar-refractivity contribution in [2.75, 3.05) is 26.2 Å². The van der Waals surface area contributed by atoms with Crippen molar-refractivity contribution >= 4 is 11.9 Å². The van der Waals surface area contributed by atoms with Crippen LogP contribution < -0.4 is 19.1 Å². The zero-order chi connectivity index (χ0) is 15.2. The Morgan fingerprint density at radius 1 is 1.05 bits per heavy atom. The van der Waals surface area contributed by atoms with E-state index in [0.29, 0.717) is 23.2 Å². The van der Waals surface area contributed by atoms with Gasteiger partial charge in [0.05, 0.1) is 14.2 Å². The molecule has 1 amide bonds. The van der Waals surface area contributed by atoms with Crippen LogP contribution in [0.5, 0.6) is 17.4 Å². The Hall–Kier alpha value is -2.76. The van der Waals surface area contributed by atoms with Crippen LogP contribution in [0.2, 0.25) is 0 Å². The molecule has 1 aromatic carbocycles. The van der Waals surface area contributed by atoms with Crippen LogP contribution in [-0.4, -0.2) is 32.3 Å². The van der Waals surface area contributed by atoms with Crippen LogP contribution in [0, 0.1) is 0 Å². The summed E-state index contributed by atoms with van der Waals surface area (Å²) in [5.41, 5.74) is 0. The van der Waals surface area contributed by atoms with Crippen LogP contribution in [0.3, 0.4) is 0 Å². The standard InChI is InChI=1S/C15H16N2O4/c1-17(15(18)21-11-7-5-4-6-8-11)13-9-12(19-2)10-14(16-13)20-3/h4-10H,1-3H3. The maximum absolute atomic E-state index is 12.1. The highest BCUT2D eigenvalue weighted by Gasteiger charge is 2.16. The molecule has 0 aliphatic heterocycles. The summed E-state index contributed by atoms with van der Waals surface area (Å²) in [6, 6.07) is 12.1. The van der Waals surface area contributed by atoms with Gasteiger partial charge in [0.2, 0.25) is 5.88 Å². The Labute approximate surface area is 122 Å². The first-order chi connectivity index (χ1) is 10.1. The number of amides is 1. The zero-order valence-corrected chi connectivity index (χ0v) is 12.1. The lowest BCUT2D eigenvalue weighted by Crippen LogP contribution is -2.30. The van der Waals surface area contributed by atoms with Crippen LogP contribution in [0.1, 0.15) is 0 Å². The first-order valence-electron chi connectivity index (χ1n) is 6.24. The number of carbonyl (C=O) groups excluding carboxylic acids is 1. The molecule has 1 aromatic heterocycles. The minimum atomic E-state index is -0.552. The Balaban J connectivity index is 2.18. The first-order valence-corrected chi connectivity index (χ1v) is 6.24. The summed E-state index contributed by atoms with van der Waals surface area (Å²) in [4.78, 5) is 17.6. The topological polar surface area (TPSA) is 60.9 Å². The number of rotatable bonds is 4. The van der Waals surface area contributed by atoms with Crippen LogP contribution in [-0.2, 0) is 0 Å². The predicted molar refractivity (Wildman–Crippen MR) is 78.2 cm³/mol. The molecule has 0 radical (unpaired) electrons. The summed E-state index contributed by atoms with van der Waals surface area (Å²) in [6.07, 6.45) is -0.552. The molecule has 0 spiro atoms. The van der Waals surface area contributed by atoms with Gasteiger partial charge in [0.1, 0.15) is 17.3 Å². The molecule has 0 N–H and O–H groups in total. The fourth-order valence-electron chi connectivity index (χ4n) is 1.61. The molecule has 0 fully saturated rings. The van der Waals surface area contributed by atoms with E-state index in [-0.39, 0.29) is 0 Å². The van der Waals surface area contributed by atoms with Crippen LogP contribution in [0.4, 0.5) is 10.6 Å². The third-order valence-corrected chi connectivity index (χ3v) is 2.77. The quantitative estimate of drug-likeness (QED) is 0.865. The van der Waals surface area contributed by atoms with Gasteiger partial charge in [0.15, 0.2) is 0 Å². The minimum Gasteiger partial charge on any atom is -0.496 e. The van der Waals surface area contributed by atoms with Gasteiger partial charge in [-0.3, -0.25) is 4.90 Å². The number of nitrogens with zero attached hydrogens (tertiary/aromatic N) is 2. The Bertz CT molecular complexity index is 594. The summed E-state index contributed by atoms with van der Waals surface area (Å²) < 4.78 is 15.5. The normalized spacial score (nSPS) is 9.86. The number of anilines is 1. The van der Waals surface area contributed by atoms with Gasteiger partial charge in [-0.2, -0.15) is 4.98 Å². The van der Waals surface area contributed by atoms with Gasteiger partial charge in [-0.05, 0) is 12.1 Å². The predicted octanol–water partition coefficient (Wildman–Crippen LogP) is 2.73. The average molecular weight is 288 g/mol. The van der Waals surface area contributed by atoms with Gasteiger partial charge in [-0.15, -0.1) is 0 Å². The second-order valence-corrected chi connectivity index (χ2v) is 4.15. The van der Waals surface area contributed by atoms with E-state index in [4.69, 9.17) is 14.2 Å². The van der Waals surface area contributed by atoms with Gasteiger partial charge in [-0.25, -0.2) is 4.79 Å². The number of benzene rings is 1. The monoisotopic (exact) mass is 288 g/mol. The average Bonchev–Trinajstić information content (AvgIpc) is 2.54. The molecule has 0 bridgehead atoms. The lowest BCUT2D eigenvalue weighted by atomic mass is 10.3. The smallest absolute Gasteiger partial charge is 0.420 e. The number of ether oxygens (including phenoxy) is 3. The lowest BCUT2D eigenvalue weighted by molar-refractivity contribution is 0.209. The van der Waals surface area contributed by atoms with E-state index in [2.05, 4.69) is 4.98 Å². The summed E-state index contributed by atoms with van der Waals surface area (Å²) in [5.74, 6) is 1.72. The van der Waals surface area contributed by atoms with Crippen molar-refractivity contribution in [1.82, 2.24) is 4.98 Å². The van der Waals surface area contributed by atoms with E-state index >= 15 is 0 Å². The minimum absolute atomic E-state index is 0.351. The van der Waals surface area contributed by atoms with Crippen LogP contribution in [0.15, 0.2) is 42.5 Å². The van der Waals surface area contributed by atoms with Crippen molar-refractivity contribution in [3.05, 3.63) is 42.5 Å². The van der Waals surface area contributed by atoms with Gasteiger partial charge < -0.3 is 14.2 Å². The highest BCUT2D eigenvalue weighted by molar-refractivity contribution is 5.87. The molecular weight excluding hydrogens is 272 g/mol. The van der Waals surface area contributed by atoms with Crippen molar-refractivity contribution in [2.24, 2.45) is 0 Å². The lowest BCUT2D eigenvalue weighted by Gasteiger charge is -2.17. The SMILES string of the molecule is COc1cc(OC)nc(N(C)C(=O)Oc2ccccc2)c1. The van der Waals surface area contributed by atoms with Crippen molar-refractivity contribution in [3.8, 4) is 17.4 Å². The van der Waals surface area contributed by atoms with Gasteiger partial charge in [-0.1, -0.05) is 18.2 Å². The van der Waals surface area contributed by atoms with Gasteiger partial charge in [0, 0.05) is 19.2 Å². The molecule has 6 nitrogen and oxygen atoms in total. The summed E-state index contributed by atoms with van der Waals surface area (Å²) in [7, 11) is 4.58. The van der Waals surface area contributed by atoms with Crippen molar-refractivity contribution in [3.63, 3.8) is 0 Å². The van der Waals surface area contributed by atoms with Gasteiger partial charge >= 0.3 is 6.09 Å². The van der Waals surface area contributed by atoms with E-state index in [0.717, 1.165) is 0 Å². The van der Waals surface area contributed by atoms with Crippen molar-refractivity contribution < 1.29 is 19.0 Å². The second-order valence-electron chi connectivity index (χ2n) is 4.15. The third-order valence-electron chi connectivity index (χ3n) is 2.77. The van der Waals surface area contributed by atoms with Crippen molar-refractivity contribution in [1.29, 1.82) is 0 Å². The Morgan fingerprint density at radius 3 is 2.38 bits per heavy atom. The molecule has 0 aliphatic carbocycles. The summed E-state index contributed by atoms with van der Waals surface area (Å²) in [6.45, 7) is 0. The Morgan fingerprint density at radius 2 is 1.76 bits per heavy atom. The number of para-hydroxylation sites is 1. The number of hydrogen-bond donors (Lipinski definition) is 0.